The van der Waals surface area contributed by atoms with Gasteiger partial charge in [-0.3, -0.25) is 0 Å². The fraction of sp³-hybridized carbons (Fsp3) is 0.385. The molecule has 1 N–H and O–H groups in total. The highest BCUT2D eigenvalue weighted by molar-refractivity contribution is 7.05. The predicted molar refractivity (Wildman–Crippen MR) is 71.0 cm³/mol. The van der Waals surface area contributed by atoms with Crippen molar-refractivity contribution in [1.82, 2.24) is 14.9 Å². The first-order valence-corrected chi connectivity index (χ1v) is 6.82. The average Bonchev–Trinajstić information content (AvgIpc) is 2.88. The van der Waals surface area contributed by atoms with Gasteiger partial charge in [0.15, 0.2) is 0 Å². The number of aromatic nitrogens is 2. The van der Waals surface area contributed by atoms with Crippen LogP contribution in [0.15, 0.2) is 30.5 Å². The van der Waals surface area contributed by atoms with Crippen LogP contribution in [-0.4, -0.2) is 16.1 Å². The lowest BCUT2D eigenvalue weighted by Gasteiger charge is -2.16. The summed E-state index contributed by atoms with van der Waals surface area (Å²) in [6, 6.07) is 6.89. The molecule has 0 saturated heterocycles. The van der Waals surface area contributed by atoms with Crippen molar-refractivity contribution in [3.05, 3.63) is 46.7 Å². The molecule has 0 aliphatic heterocycles. The number of hydrogen-bond acceptors (Lipinski definition) is 4. The smallest absolute Gasteiger partial charge is 0.123 e. The van der Waals surface area contributed by atoms with Crippen LogP contribution in [0.4, 0.5) is 4.39 Å². The standard InChI is InChI=1S/C13H16FN3S/c1-2-6-15-12(13-9-16-17-18-13)8-10-4-3-5-11(14)7-10/h3-5,7,9,12,15H,2,6,8H2,1H3. The minimum atomic E-state index is -0.191. The summed E-state index contributed by atoms with van der Waals surface area (Å²) < 4.78 is 17.1. The van der Waals surface area contributed by atoms with Crippen molar-refractivity contribution in [2.24, 2.45) is 0 Å². The molecule has 0 saturated carbocycles. The van der Waals surface area contributed by atoms with Crippen LogP contribution in [0.5, 0.6) is 0 Å². The second-order valence-electron chi connectivity index (χ2n) is 4.16. The normalized spacial score (nSPS) is 12.6. The molecule has 1 aromatic heterocycles. The molecule has 96 valence electrons. The van der Waals surface area contributed by atoms with E-state index in [-0.39, 0.29) is 11.9 Å². The first-order chi connectivity index (χ1) is 8.79. The summed E-state index contributed by atoms with van der Waals surface area (Å²) in [4.78, 5) is 1.09. The number of nitrogens with zero attached hydrogens (tertiary/aromatic N) is 2. The topological polar surface area (TPSA) is 37.8 Å². The van der Waals surface area contributed by atoms with Gasteiger partial charge in [-0.1, -0.05) is 23.5 Å². The van der Waals surface area contributed by atoms with Crippen LogP contribution in [0.2, 0.25) is 0 Å². The van der Waals surface area contributed by atoms with Crippen LogP contribution >= 0.6 is 11.5 Å². The summed E-state index contributed by atoms with van der Waals surface area (Å²) in [7, 11) is 0. The lowest BCUT2D eigenvalue weighted by molar-refractivity contribution is 0.533. The van der Waals surface area contributed by atoms with Crippen LogP contribution in [-0.2, 0) is 6.42 Å². The van der Waals surface area contributed by atoms with Gasteiger partial charge in [0.2, 0.25) is 0 Å². The van der Waals surface area contributed by atoms with Crippen LogP contribution in [0.25, 0.3) is 0 Å². The molecule has 0 aliphatic carbocycles. The molecule has 0 bridgehead atoms. The van der Waals surface area contributed by atoms with Gasteiger partial charge in [-0.05, 0) is 48.6 Å². The quantitative estimate of drug-likeness (QED) is 0.872. The second kappa shape index (κ2) is 6.56. The summed E-state index contributed by atoms with van der Waals surface area (Å²) in [5.74, 6) is -0.191. The number of hydrogen-bond donors (Lipinski definition) is 1. The molecule has 0 fully saturated rings. The minimum Gasteiger partial charge on any atom is -0.309 e. The van der Waals surface area contributed by atoms with Gasteiger partial charge in [0, 0.05) is 6.04 Å². The Hall–Kier alpha value is -1.33. The molecule has 0 amide bonds. The highest BCUT2D eigenvalue weighted by Crippen LogP contribution is 2.20. The first-order valence-electron chi connectivity index (χ1n) is 6.04. The Bertz CT molecular complexity index is 473. The molecule has 18 heavy (non-hydrogen) atoms. The molecule has 1 atom stereocenters. The van der Waals surface area contributed by atoms with E-state index in [2.05, 4.69) is 21.8 Å². The van der Waals surface area contributed by atoms with Gasteiger partial charge in [-0.15, -0.1) is 5.10 Å². The van der Waals surface area contributed by atoms with Crippen molar-refractivity contribution in [3.63, 3.8) is 0 Å². The van der Waals surface area contributed by atoms with E-state index < -0.39 is 0 Å². The van der Waals surface area contributed by atoms with Crippen LogP contribution < -0.4 is 5.32 Å². The third kappa shape index (κ3) is 3.58. The number of rotatable bonds is 6. The molecular weight excluding hydrogens is 249 g/mol. The molecular formula is C13H16FN3S. The molecule has 3 nitrogen and oxygen atoms in total. The van der Waals surface area contributed by atoms with E-state index >= 15 is 0 Å². The van der Waals surface area contributed by atoms with Crippen molar-refractivity contribution in [2.75, 3.05) is 6.54 Å². The largest absolute Gasteiger partial charge is 0.309 e. The van der Waals surface area contributed by atoms with E-state index in [0.717, 1.165) is 29.8 Å². The Morgan fingerprint density at radius 2 is 2.33 bits per heavy atom. The zero-order valence-electron chi connectivity index (χ0n) is 10.3. The maximum absolute atomic E-state index is 13.2. The van der Waals surface area contributed by atoms with E-state index in [0.29, 0.717) is 0 Å². The predicted octanol–water partition coefficient (Wildman–Crippen LogP) is 2.96. The third-order valence-electron chi connectivity index (χ3n) is 2.69. The maximum atomic E-state index is 13.2. The zero-order valence-corrected chi connectivity index (χ0v) is 11.1. The molecule has 0 radical (unpaired) electrons. The van der Waals surface area contributed by atoms with Crippen molar-refractivity contribution in [2.45, 2.75) is 25.8 Å². The van der Waals surface area contributed by atoms with Gasteiger partial charge in [0.25, 0.3) is 0 Å². The van der Waals surface area contributed by atoms with Crippen molar-refractivity contribution < 1.29 is 4.39 Å². The van der Waals surface area contributed by atoms with Gasteiger partial charge in [0.1, 0.15) is 5.82 Å². The monoisotopic (exact) mass is 265 g/mol. The van der Waals surface area contributed by atoms with Gasteiger partial charge < -0.3 is 5.32 Å². The summed E-state index contributed by atoms with van der Waals surface area (Å²) in [6.07, 6.45) is 3.59. The first kappa shape index (κ1) is 13.1. The SMILES string of the molecule is CCCNC(Cc1cccc(F)c1)c1cnns1. The summed E-state index contributed by atoms with van der Waals surface area (Å²) in [6.45, 7) is 3.05. The number of benzene rings is 1. The van der Waals surface area contributed by atoms with Gasteiger partial charge in [-0.25, -0.2) is 4.39 Å². The molecule has 1 unspecified atom stereocenters. The summed E-state index contributed by atoms with van der Waals surface area (Å²) >= 11 is 1.39. The Kier molecular flexibility index (Phi) is 4.78. The highest BCUT2D eigenvalue weighted by atomic mass is 32.1. The van der Waals surface area contributed by atoms with E-state index in [1.807, 2.05) is 6.07 Å². The van der Waals surface area contributed by atoms with E-state index in [1.165, 1.54) is 17.6 Å². The summed E-state index contributed by atoms with van der Waals surface area (Å²) in [5.41, 5.74) is 0.983. The van der Waals surface area contributed by atoms with E-state index in [4.69, 9.17) is 0 Å². The van der Waals surface area contributed by atoms with Crippen LogP contribution in [0, 0.1) is 5.82 Å². The Labute approximate surface area is 110 Å². The van der Waals surface area contributed by atoms with Crippen molar-refractivity contribution >= 4 is 11.5 Å². The van der Waals surface area contributed by atoms with Gasteiger partial charge in [0.05, 0.1) is 11.1 Å². The molecule has 0 aliphatic rings. The fourth-order valence-electron chi connectivity index (χ4n) is 1.82. The lowest BCUT2D eigenvalue weighted by atomic mass is 10.0. The second-order valence-corrected chi connectivity index (χ2v) is 4.98. The molecule has 5 heteroatoms. The number of halogens is 1. The average molecular weight is 265 g/mol. The minimum absolute atomic E-state index is 0.159. The van der Waals surface area contributed by atoms with Gasteiger partial charge in [-0.2, -0.15) is 0 Å². The molecule has 0 spiro atoms. The Balaban J connectivity index is 2.10. The van der Waals surface area contributed by atoms with Gasteiger partial charge >= 0.3 is 0 Å². The fourth-order valence-corrected chi connectivity index (χ4v) is 2.40. The van der Waals surface area contributed by atoms with Crippen LogP contribution in [0.1, 0.15) is 29.8 Å². The van der Waals surface area contributed by atoms with E-state index in [1.54, 1.807) is 18.3 Å². The zero-order chi connectivity index (χ0) is 12.8. The van der Waals surface area contributed by atoms with Crippen molar-refractivity contribution in [3.8, 4) is 0 Å². The molecule has 2 rings (SSSR count). The molecule has 1 heterocycles. The number of nitrogens with one attached hydrogen (secondary N) is 1. The highest BCUT2D eigenvalue weighted by Gasteiger charge is 2.14. The van der Waals surface area contributed by atoms with Crippen LogP contribution in [0.3, 0.4) is 0 Å². The Morgan fingerprint density at radius 3 is 3.00 bits per heavy atom. The van der Waals surface area contributed by atoms with Crippen molar-refractivity contribution in [1.29, 1.82) is 0 Å². The summed E-state index contributed by atoms with van der Waals surface area (Å²) in [5, 5.41) is 7.31. The van der Waals surface area contributed by atoms with E-state index in [9.17, 15) is 4.39 Å². The Morgan fingerprint density at radius 1 is 1.44 bits per heavy atom. The molecule has 1 aromatic carbocycles. The molecule has 2 aromatic rings. The third-order valence-corrected chi connectivity index (χ3v) is 3.47. The maximum Gasteiger partial charge on any atom is 0.123 e. The lowest BCUT2D eigenvalue weighted by Crippen LogP contribution is -2.23.